The Morgan fingerprint density at radius 2 is 1.78 bits per heavy atom. The van der Waals surface area contributed by atoms with E-state index in [1.54, 1.807) is 0 Å². The normalized spacial score (nSPS) is 10.3. The van der Waals surface area contributed by atoms with E-state index < -0.39 is 7.32 Å². The van der Waals surface area contributed by atoms with Gasteiger partial charge >= 0.3 is 7.32 Å². The van der Waals surface area contributed by atoms with Crippen LogP contribution in [-0.4, -0.2) is 35.5 Å². The van der Waals surface area contributed by atoms with E-state index in [-0.39, 0.29) is 0 Å². The Labute approximate surface area is 55.2 Å². The molecule has 0 unspecified atom stereocenters. The zero-order valence-electron chi connectivity index (χ0n) is 5.74. The number of hydroxylamine groups is 2. The van der Waals surface area contributed by atoms with Crippen molar-refractivity contribution in [1.82, 2.24) is 5.06 Å². The summed E-state index contributed by atoms with van der Waals surface area (Å²) in [5.41, 5.74) is 0. The monoisotopic (exact) mass is 133 g/mol. The molecule has 54 valence electrons. The fourth-order valence-corrected chi connectivity index (χ4v) is 0.506. The summed E-state index contributed by atoms with van der Waals surface area (Å²) in [6.07, 6.45) is 0. The summed E-state index contributed by atoms with van der Waals surface area (Å²) in [4.78, 5) is 0. The first-order valence-corrected chi connectivity index (χ1v) is 2.98. The van der Waals surface area contributed by atoms with Crippen molar-refractivity contribution < 1.29 is 14.8 Å². The van der Waals surface area contributed by atoms with Gasteiger partial charge in [-0.25, -0.2) is 5.06 Å². The van der Waals surface area contributed by atoms with Crippen molar-refractivity contribution in [3.8, 4) is 0 Å². The van der Waals surface area contributed by atoms with Gasteiger partial charge in [-0.1, -0.05) is 13.8 Å². The third kappa shape index (κ3) is 4.41. The zero-order valence-corrected chi connectivity index (χ0v) is 5.74. The first-order chi connectivity index (χ1) is 4.20. The maximum atomic E-state index is 8.28. The fraction of sp³-hybridized carbons (Fsp3) is 1.00. The molecule has 0 atom stereocenters. The second-order valence-electron chi connectivity index (χ2n) is 1.55. The minimum atomic E-state index is -1.69. The highest BCUT2D eigenvalue weighted by Crippen LogP contribution is 1.87. The van der Waals surface area contributed by atoms with Crippen LogP contribution in [-0.2, 0) is 4.76 Å². The highest BCUT2D eigenvalue weighted by molar-refractivity contribution is 6.32. The van der Waals surface area contributed by atoms with Crippen LogP contribution in [0.3, 0.4) is 0 Å². The number of nitrogens with zero attached hydrogens (tertiary/aromatic N) is 1. The smallest absolute Gasteiger partial charge is 0.401 e. The van der Waals surface area contributed by atoms with Gasteiger partial charge in [0.15, 0.2) is 0 Å². The second kappa shape index (κ2) is 4.75. The molecule has 0 aromatic rings. The molecule has 0 rings (SSSR count). The van der Waals surface area contributed by atoms with Gasteiger partial charge in [0.25, 0.3) is 0 Å². The molecule has 0 spiro atoms. The Bertz CT molecular complexity index is 66.8. The second-order valence-corrected chi connectivity index (χ2v) is 1.55. The first kappa shape index (κ1) is 8.90. The van der Waals surface area contributed by atoms with Crippen molar-refractivity contribution in [3.05, 3.63) is 0 Å². The fourth-order valence-electron chi connectivity index (χ4n) is 0.506. The molecule has 5 heteroatoms. The molecule has 0 amide bonds. The van der Waals surface area contributed by atoms with Crippen molar-refractivity contribution in [3.63, 3.8) is 0 Å². The first-order valence-electron chi connectivity index (χ1n) is 2.98. The third-order valence-corrected chi connectivity index (χ3v) is 0.949. The molecule has 0 fully saturated rings. The average molecular weight is 133 g/mol. The van der Waals surface area contributed by atoms with Crippen molar-refractivity contribution in [2.45, 2.75) is 13.8 Å². The van der Waals surface area contributed by atoms with Crippen molar-refractivity contribution in [1.29, 1.82) is 0 Å². The molecule has 0 radical (unpaired) electrons. The summed E-state index contributed by atoms with van der Waals surface area (Å²) in [6.45, 7) is 5.03. The van der Waals surface area contributed by atoms with Crippen LogP contribution in [0.4, 0.5) is 0 Å². The molecule has 0 bridgehead atoms. The van der Waals surface area contributed by atoms with Crippen LogP contribution in [0.1, 0.15) is 13.8 Å². The van der Waals surface area contributed by atoms with Gasteiger partial charge in [-0.3, -0.25) is 4.76 Å². The minimum Gasteiger partial charge on any atom is -0.401 e. The van der Waals surface area contributed by atoms with Crippen LogP contribution in [0, 0.1) is 0 Å². The predicted molar refractivity (Wildman–Crippen MR) is 34.2 cm³/mol. The Morgan fingerprint density at radius 3 is 1.89 bits per heavy atom. The van der Waals surface area contributed by atoms with Crippen LogP contribution in [0.5, 0.6) is 0 Å². The highest BCUT2D eigenvalue weighted by Gasteiger charge is 2.12. The average Bonchev–Trinajstić information content (AvgIpc) is 1.82. The van der Waals surface area contributed by atoms with Gasteiger partial charge in [0.05, 0.1) is 0 Å². The predicted octanol–water partition coefficient (Wildman–Crippen LogP) is -0.771. The van der Waals surface area contributed by atoms with E-state index in [0.717, 1.165) is 0 Å². The van der Waals surface area contributed by atoms with Crippen molar-refractivity contribution >= 4 is 7.32 Å². The molecule has 0 aliphatic heterocycles. The van der Waals surface area contributed by atoms with E-state index in [0.29, 0.717) is 13.1 Å². The van der Waals surface area contributed by atoms with Gasteiger partial charge in [0, 0.05) is 13.1 Å². The van der Waals surface area contributed by atoms with E-state index in [9.17, 15) is 0 Å². The molecule has 9 heavy (non-hydrogen) atoms. The Kier molecular flexibility index (Phi) is 4.70. The molecular weight excluding hydrogens is 121 g/mol. The van der Waals surface area contributed by atoms with Crippen LogP contribution in [0.2, 0.25) is 0 Å². The lowest BCUT2D eigenvalue weighted by atomic mass is 10.3. The van der Waals surface area contributed by atoms with Gasteiger partial charge in [0.1, 0.15) is 0 Å². The van der Waals surface area contributed by atoms with Crippen LogP contribution in [0.25, 0.3) is 0 Å². The minimum absolute atomic E-state index is 0.647. The van der Waals surface area contributed by atoms with E-state index in [1.165, 1.54) is 5.06 Å². The maximum absolute atomic E-state index is 8.28. The van der Waals surface area contributed by atoms with Crippen molar-refractivity contribution in [2.75, 3.05) is 13.1 Å². The molecular formula is C4H12BNO3. The lowest BCUT2D eigenvalue weighted by molar-refractivity contribution is -0.0869. The maximum Gasteiger partial charge on any atom is 0.651 e. The Morgan fingerprint density at radius 1 is 1.33 bits per heavy atom. The summed E-state index contributed by atoms with van der Waals surface area (Å²) >= 11 is 0. The quantitative estimate of drug-likeness (QED) is 0.390. The zero-order chi connectivity index (χ0) is 7.28. The van der Waals surface area contributed by atoms with Crippen LogP contribution < -0.4 is 0 Å². The van der Waals surface area contributed by atoms with Crippen LogP contribution in [0.15, 0.2) is 0 Å². The molecule has 0 aromatic carbocycles. The molecule has 0 heterocycles. The largest absolute Gasteiger partial charge is 0.651 e. The standard InChI is InChI=1S/C4H12BNO3/c1-3-6(4-2)9-5(7)8/h7-8H,3-4H2,1-2H3. The number of rotatable bonds is 4. The van der Waals surface area contributed by atoms with Gasteiger partial charge < -0.3 is 10.0 Å². The van der Waals surface area contributed by atoms with Gasteiger partial charge in [0.2, 0.25) is 0 Å². The van der Waals surface area contributed by atoms with E-state index >= 15 is 0 Å². The van der Waals surface area contributed by atoms with E-state index in [1.807, 2.05) is 13.8 Å². The van der Waals surface area contributed by atoms with E-state index in [4.69, 9.17) is 10.0 Å². The number of hydrogen-bond acceptors (Lipinski definition) is 4. The topological polar surface area (TPSA) is 52.9 Å². The SMILES string of the molecule is CCN(CC)OB(O)O. The molecule has 0 saturated heterocycles. The summed E-state index contributed by atoms with van der Waals surface area (Å²) in [5.74, 6) is 0. The summed E-state index contributed by atoms with van der Waals surface area (Å²) < 4.78 is 4.49. The lowest BCUT2D eigenvalue weighted by Crippen LogP contribution is -2.32. The summed E-state index contributed by atoms with van der Waals surface area (Å²) in [6, 6.07) is 0. The van der Waals surface area contributed by atoms with Gasteiger partial charge in [-0.2, -0.15) is 0 Å². The van der Waals surface area contributed by atoms with Gasteiger partial charge in [-0.15, -0.1) is 0 Å². The molecule has 4 nitrogen and oxygen atoms in total. The number of hydrogen-bond donors (Lipinski definition) is 2. The molecule has 0 aromatic heterocycles. The van der Waals surface area contributed by atoms with Crippen LogP contribution >= 0.6 is 0 Å². The van der Waals surface area contributed by atoms with E-state index in [2.05, 4.69) is 4.76 Å². The Hall–Kier alpha value is -0.0951. The molecule has 0 aliphatic rings. The Balaban J connectivity index is 3.31. The highest BCUT2D eigenvalue weighted by atomic mass is 16.7. The van der Waals surface area contributed by atoms with Gasteiger partial charge in [-0.05, 0) is 0 Å². The lowest BCUT2D eigenvalue weighted by Gasteiger charge is -2.16. The van der Waals surface area contributed by atoms with Crippen molar-refractivity contribution in [2.24, 2.45) is 0 Å². The summed E-state index contributed by atoms with van der Waals surface area (Å²) in [5, 5.41) is 18.0. The molecule has 2 N–H and O–H groups in total. The molecule has 0 aliphatic carbocycles. The third-order valence-electron chi connectivity index (χ3n) is 0.949. The molecule has 0 saturated carbocycles. The summed E-state index contributed by atoms with van der Waals surface area (Å²) in [7, 11) is -1.69.